The Morgan fingerprint density at radius 3 is 2.81 bits per heavy atom. The number of benzene rings is 1. The molecule has 1 N–H and O–H groups in total. The number of halogens is 1. The third-order valence-corrected chi connectivity index (χ3v) is 5.52. The fourth-order valence-electron chi connectivity index (χ4n) is 2.90. The zero-order chi connectivity index (χ0) is 18.5. The molecule has 0 unspecified atom stereocenters. The lowest BCUT2D eigenvalue weighted by molar-refractivity contribution is 0.0735. The Labute approximate surface area is 155 Å². The third-order valence-electron chi connectivity index (χ3n) is 4.28. The van der Waals surface area contributed by atoms with E-state index in [9.17, 15) is 14.0 Å². The molecule has 1 aliphatic heterocycles. The van der Waals surface area contributed by atoms with Crippen molar-refractivity contribution in [1.29, 1.82) is 0 Å². The minimum absolute atomic E-state index is 0.0862. The summed E-state index contributed by atoms with van der Waals surface area (Å²) >= 11 is 1.49. The van der Waals surface area contributed by atoms with Crippen molar-refractivity contribution in [2.45, 2.75) is 19.4 Å². The maximum Gasteiger partial charge on any atom is 0.261 e. The number of thiophene rings is 1. The van der Waals surface area contributed by atoms with Crippen molar-refractivity contribution in [3.8, 4) is 0 Å². The van der Waals surface area contributed by atoms with Gasteiger partial charge >= 0.3 is 0 Å². The molecule has 0 fully saturated rings. The summed E-state index contributed by atoms with van der Waals surface area (Å²) in [5, 5.41) is 2.88. The van der Waals surface area contributed by atoms with Crippen molar-refractivity contribution in [2.24, 2.45) is 0 Å². The molecule has 2 amide bonds. The molecule has 1 aromatic carbocycles. The first kappa shape index (κ1) is 18.5. The summed E-state index contributed by atoms with van der Waals surface area (Å²) < 4.78 is 18.0. The topological polar surface area (TPSA) is 58.6 Å². The van der Waals surface area contributed by atoms with Crippen LogP contribution in [0.5, 0.6) is 0 Å². The van der Waals surface area contributed by atoms with Gasteiger partial charge in [-0.25, -0.2) is 4.39 Å². The second-order valence-corrected chi connectivity index (χ2v) is 7.28. The molecule has 1 aromatic heterocycles. The zero-order valence-electron chi connectivity index (χ0n) is 14.6. The van der Waals surface area contributed by atoms with E-state index in [1.165, 1.54) is 35.6 Å². The highest BCUT2D eigenvalue weighted by atomic mass is 32.1. The second-order valence-electron chi connectivity index (χ2n) is 6.14. The van der Waals surface area contributed by atoms with E-state index < -0.39 is 0 Å². The Balaban J connectivity index is 1.63. The van der Waals surface area contributed by atoms with E-state index in [2.05, 4.69) is 5.32 Å². The predicted molar refractivity (Wildman–Crippen MR) is 98.0 cm³/mol. The van der Waals surface area contributed by atoms with Gasteiger partial charge in [0.2, 0.25) is 0 Å². The molecular weight excluding hydrogens is 355 g/mol. The highest BCUT2D eigenvalue weighted by Crippen LogP contribution is 2.29. The average Bonchev–Trinajstić information content (AvgIpc) is 3.08. The van der Waals surface area contributed by atoms with Crippen molar-refractivity contribution >= 4 is 23.2 Å². The van der Waals surface area contributed by atoms with Crippen molar-refractivity contribution in [3.05, 3.63) is 57.0 Å². The Kier molecular flexibility index (Phi) is 6.00. The first-order valence-corrected chi connectivity index (χ1v) is 9.33. The maximum atomic E-state index is 13.0. The number of ether oxygens (including phenoxy) is 1. The zero-order valence-corrected chi connectivity index (χ0v) is 15.4. The van der Waals surface area contributed by atoms with Crippen LogP contribution >= 0.6 is 11.3 Å². The van der Waals surface area contributed by atoms with Crippen LogP contribution < -0.4 is 5.32 Å². The first-order valence-electron chi connectivity index (χ1n) is 8.52. The second kappa shape index (κ2) is 8.42. The lowest BCUT2D eigenvalue weighted by atomic mass is 10.1. The van der Waals surface area contributed by atoms with Crippen molar-refractivity contribution in [2.75, 3.05) is 26.8 Å². The summed E-state index contributed by atoms with van der Waals surface area (Å²) in [5.41, 5.74) is 1.49. The molecule has 0 spiro atoms. The molecule has 1 aliphatic rings. The normalized spacial score (nSPS) is 13.4. The molecule has 0 bridgehead atoms. The van der Waals surface area contributed by atoms with Gasteiger partial charge in [0.15, 0.2) is 0 Å². The first-order chi connectivity index (χ1) is 12.6. The van der Waals surface area contributed by atoms with Crippen LogP contribution in [0.2, 0.25) is 0 Å². The van der Waals surface area contributed by atoms with E-state index in [1.54, 1.807) is 12.0 Å². The Morgan fingerprint density at radius 2 is 2.08 bits per heavy atom. The fraction of sp³-hybridized carbons (Fsp3) is 0.368. The monoisotopic (exact) mass is 376 g/mol. The number of nitrogens with zero attached hydrogens (tertiary/aromatic N) is 1. The number of methoxy groups -OCH3 is 1. The third kappa shape index (κ3) is 4.28. The molecule has 2 heterocycles. The van der Waals surface area contributed by atoms with Crippen LogP contribution in [0.3, 0.4) is 0 Å². The highest BCUT2D eigenvalue weighted by molar-refractivity contribution is 7.14. The number of fused-ring (bicyclic) bond motifs is 1. The van der Waals surface area contributed by atoms with Crippen LogP contribution in [-0.2, 0) is 17.7 Å². The van der Waals surface area contributed by atoms with Gasteiger partial charge < -0.3 is 15.0 Å². The van der Waals surface area contributed by atoms with Gasteiger partial charge in [0, 0.05) is 43.8 Å². The van der Waals surface area contributed by atoms with Gasteiger partial charge in [-0.2, -0.15) is 0 Å². The largest absolute Gasteiger partial charge is 0.385 e. The molecular formula is C19H21FN2O3S. The van der Waals surface area contributed by atoms with E-state index >= 15 is 0 Å². The Bertz CT molecular complexity index is 789. The summed E-state index contributed by atoms with van der Waals surface area (Å²) in [6.07, 6.45) is 1.50. The average molecular weight is 376 g/mol. The van der Waals surface area contributed by atoms with Crippen LogP contribution in [-0.4, -0.2) is 43.5 Å². The van der Waals surface area contributed by atoms with E-state index in [0.717, 1.165) is 23.3 Å². The van der Waals surface area contributed by atoms with Crippen LogP contribution in [0.4, 0.5) is 4.39 Å². The predicted octanol–water partition coefficient (Wildman–Crippen LogP) is 2.85. The number of nitrogens with one attached hydrogen (secondary N) is 1. The summed E-state index contributed by atoms with van der Waals surface area (Å²) in [5.74, 6) is -0.564. The lowest BCUT2D eigenvalue weighted by Crippen LogP contribution is -2.35. The Hall–Kier alpha value is -2.25. The molecule has 0 radical (unpaired) electrons. The van der Waals surface area contributed by atoms with Crippen LogP contribution in [0.1, 0.15) is 36.9 Å². The van der Waals surface area contributed by atoms with E-state index in [-0.39, 0.29) is 17.6 Å². The van der Waals surface area contributed by atoms with E-state index in [4.69, 9.17) is 4.74 Å². The molecule has 138 valence electrons. The molecule has 26 heavy (non-hydrogen) atoms. The number of carbonyl (C=O) groups excluding carboxylic acids is 2. The minimum atomic E-state index is -0.360. The van der Waals surface area contributed by atoms with Gasteiger partial charge in [-0.3, -0.25) is 9.59 Å². The summed E-state index contributed by atoms with van der Waals surface area (Å²) in [6.45, 7) is 2.25. The van der Waals surface area contributed by atoms with Crippen molar-refractivity contribution in [3.63, 3.8) is 0 Å². The van der Waals surface area contributed by atoms with Gasteiger partial charge in [-0.05, 0) is 48.7 Å². The highest BCUT2D eigenvalue weighted by Gasteiger charge is 2.25. The van der Waals surface area contributed by atoms with Crippen LogP contribution in [0.15, 0.2) is 30.3 Å². The number of hydrogen-bond donors (Lipinski definition) is 1. The van der Waals surface area contributed by atoms with Gasteiger partial charge in [-0.1, -0.05) is 0 Å². The maximum absolute atomic E-state index is 13.0. The molecule has 0 atom stereocenters. The number of hydrogen-bond acceptors (Lipinski definition) is 4. The van der Waals surface area contributed by atoms with Crippen molar-refractivity contribution < 1.29 is 18.7 Å². The molecule has 0 aliphatic carbocycles. The van der Waals surface area contributed by atoms with E-state index in [0.29, 0.717) is 36.7 Å². The quantitative estimate of drug-likeness (QED) is 0.789. The smallest absolute Gasteiger partial charge is 0.261 e. The summed E-state index contributed by atoms with van der Waals surface area (Å²) in [7, 11) is 1.63. The molecule has 7 heteroatoms. The number of carbonyl (C=O) groups is 2. The van der Waals surface area contributed by atoms with E-state index in [1.807, 2.05) is 6.07 Å². The minimum Gasteiger partial charge on any atom is -0.385 e. The van der Waals surface area contributed by atoms with Gasteiger partial charge in [-0.15, -0.1) is 11.3 Å². The fourth-order valence-corrected chi connectivity index (χ4v) is 3.98. The van der Waals surface area contributed by atoms with Crippen LogP contribution in [0.25, 0.3) is 0 Å². The number of amides is 2. The van der Waals surface area contributed by atoms with Crippen LogP contribution in [0, 0.1) is 5.82 Å². The summed E-state index contributed by atoms with van der Waals surface area (Å²) in [4.78, 5) is 28.4. The van der Waals surface area contributed by atoms with Gasteiger partial charge in [0.25, 0.3) is 11.8 Å². The standard InChI is InChI=1S/C19H21FN2O3S/c1-25-10-2-8-21-18(23)17-11-14-12-22(9-7-16(14)26-17)19(24)13-3-5-15(20)6-4-13/h3-6,11H,2,7-10,12H2,1H3,(H,21,23). The van der Waals surface area contributed by atoms with Gasteiger partial charge in [0.05, 0.1) is 4.88 Å². The summed E-state index contributed by atoms with van der Waals surface area (Å²) in [6, 6.07) is 7.45. The Morgan fingerprint density at radius 1 is 1.31 bits per heavy atom. The SMILES string of the molecule is COCCCNC(=O)c1cc2c(s1)CCN(C(=O)c1ccc(F)cc1)C2. The van der Waals surface area contributed by atoms with Gasteiger partial charge in [0.1, 0.15) is 5.82 Å². The molecule has 3 rings (SSSR count). The molecule has 0 saturated carbocycles. The lowest BCUT2D eigenvalue weighted by Gasteiger charge is -2.27. The number of rotatable bonds is 6. The van der Waals surface area contributed by atoms with Crippen molar-refractivity contribution in [1.82, 2.24) is 10.2 Å². The molecule has 2 aromatic rings. The molecule has 0 saturated heterocycles. The molecule has 5 nitrogen and oxygen atoms in total.